The lowest BCUT2D eigenvalue weighted by Crippen LogP contribution is -2.13. The van der Waals surface area contributed by atoms with Crippen LogP contribution in [0.2, 0.25) is 5.02 Å². The first kappa shape index (κ1) is 18.7. The highest BCUT2D eigenvalue weighted by Crippen LogP contribution is 2.31. The number of nitrogens with zero attached hydrogens (tertiary/aromatic N) is 2. The minimum Gasteiger partial charge on any atom is -0.324 e. The molecule has 0 bridgehead atoms. The lowest BCUT2D eigenvalue weighted by atomic mass is 10.2. The van der Waals surface area contributed by atoms with Crippen molar-refractivity contribution in [1.82, 2.24) is 9.97 Å². The van der Waals surface area contributed by atoms with Crippen molar-refractivity contribution in [3.63, 3.8) is 0 Å². The zero-order chi connectivity index (χ0) is 19.4. The summed E-state index contributed by atoms with van der Waals surface area (Å²) >= 11 is 5.78. The topological polar surface area (TPSA) is 66.9 Å². The zero-order valence-corrected chi connectivity index (χ0v) is 14.3. The van der Waals surface area contributed by atoms with E-state index in [-0.39, 0.29) is 17.2 Å². The minimum absolute atomic E-state index is 0.0670. The van der Waals surface area contributed by atoms with Gasteiger partial charge in [-0.3, -0.25) is 4.79 Å². The first-order chi connectivity index (χ1) is 12.8. The largest absolute Gasteiger partial charge is 0.416 e. The summed E-state index contributed by atoms with van der Waals surface area (Å²) in [6.07, 6.45) is -1.90. The highest BCUT2D eigenvalue weighted by molar-refractivity contribution is 6.30. The van der Waals surface area contributed by atoms with Gasteiger partial charge < -0.3 is 10.6 Å². The summed E-state index contributed by atoms with van der Waals surface area (Å²) < 4.78 is 38.2. The number of nitrogens with one attached hydrogen (secondary N) is 2. The Hall–Kier alpha value is -3.13. The van der Waals surface area contributed by atoms with Crippen LogP contribution in [-0.2, 0) is 6.18 Å². The van der Waals surface area contributed by atoms with Gasteiger partial charge in [0, 0.05) is 28.8 Å². The average Bonchev–Trinajstić information content (AvgIpc) is 2.64. The Morgan fingerprint density at radius 2 is 1.63 bits per heavy atom. The molecular formula is C18H12ClF3N4O. The molecule has 0 saturated heterocycles. The van der Waals surface area contributed by atoms with Crippen molar-refractivity contribution < 1.29 is 18.0 Å². The molecule has 0 radical (unpaired) electrons. The molecule has 0 aliphatic heterocycles. The number of rotatable bonds is 4. The van der Waals surface area contributed by atoms with Gasteiger partial charge >= 0.3 is 6.18 Å². The van der Waals surface area contributed by atoms with Gasteiger partial charge in [0.25, 0.3) is 5.91 Å². The van der Waals surface area contributed by atoms with E-state index in [2.05, 4.69) is 20.6 Å². The normalized spacial score (nSPS) is 11.1. The molecule has 1 heterocycles. The van der Waals surface area contributed by atoms with Crippen LogP contribution < -0.4 is 10.6 Å². The molecule has 0 unspecified atom stereocenters. The summed E-state index contributed by atoms with van der Waals surface area (Å²) in [5, 5.41) is 5.87. The number of alkyl halides is 3. The molecule has 0 atom stereocenters. The summed E-state index contributed by atoms with van der Waals surface area (Å²) in [5.74, 6) is -0.361. The van der Waals surface area contributed by atoms with E-state index in [0.717, 1.165) is 12.1 Å². The summed E-state index contributed by atoms with van der Waals surface area (Å²) in [6.45, 7) is 0. The van der Waals surface area contributed by atoms with Gasteiger partial charge in [-0.1, -0.05) is 17.7 Å². The van der Waals surface area contributed by atoms with Crippen LogP contribution >= 0.6 is 11.6 Å². The van der Waals surface area contributed by atoms with Crippen molar-refractivity contribution in [2.24, 2.45) is 0 Å². The van der Waals surface area contributed by atoms with E-state index in [0.29, 0.717) is 10.7 Å². The van der Waals surface area contributed by atoms with Gasteiger partial charge in [0.1, 0.15) is 0 Å². The maximum Gasteiger partial charge on any atom is 0.416 e. The Morgan fingerprint density at radius 3 is 2.26 bits per heavy atom. The molecule has 1 amide bonds. The molecular weight excluding hydrogens is 381 g/mol. The van der Waals surface area contributed by atoms with E-state index >= 15 is 0 Å². The number of amides is 1. The molecule has 9 heteroatoms. The Kier molecular flexibility index (Phi) is 5.27. The van der Waals surface area contributed by atoms with Crippen molar-refractivity contribution in [3.8, 4) is 0 Å². The van der Waals surface area contributed by atoms with Crippen LogP contribution in [0.3, 0.4) is 0 Å². The average molecular weight is 393 g/mol. The molecule has 0 spiro atoms. The lowest BCUT2D eigenvalue weighted by molar-refractivity contribution is -0.137. The molecule has 0 fully saturated rings. The molecule has 0 aliphatic rings. The molecule has 2 N–H and O–H groups in total. The number of aromatic nitrogens is 2. The highest BCUT2D eigenvalue weighted by atomic mass is 35.5. The number of hydrogen-bond donors (Lipinski definition) is 2. The van der Waals surface area contributed by atoms with Crippen LogP contribution in [0.4, 0.5) is 30.5 Å². The van der Waals surface area contributed by atoms with Gasteiger partial charge in [-0.05, 0) is 42.5 Å². The van der Waals surface area contributed by atoms with Gasteiger partial charge in [0.05, 0.1) is 11.1 Å². The van der Waals surface area contributed by atoms with E-state index in [1.54, 1.807) is 24.3 Å². The minimum atomic E-state index is -4.44. The first-order valence-corrected chi connectivity index (χ1v) is 8.02. The zero-order valence-electron chi connectivity index (χ0n) is 13.6. The van der Waals surface area contributed by atoms with Crippen LogP contribution in [-0.4, -0.2) is 15.9 Å². The quantitative estimate of drug-likeness (QED) is 0.644. The van der Waals surface area contributed by atoms with Crippen molar-refractivity contribution in [2.75, 3.05) is 10.6 Å². The van der Waals surface area contributed by atoms with Gasteiger partial charge in [-0.25, -0.2) is 9.97 Å². The third-order valence-electron chi connectivity index (χ3n) is 3.46. The third-order valence-corrected chi connectivity index (χ3v) is 3.71. The Labute approximate surface area is 157 Å². The molecule has 138 valence electrons. The van der Waals surface area contributed by atoms with Crippen LogP contribution in [0.25, 0.3) is 0 Å². The predicted molar refractivity (Wildman–Crippen MR) is 96.2 cm³/mol. The molecule has 1 aromatic heterocycles. The Balaban J connectivity index is 1.68. The first-order valence-electron chi connectivity index (χ1n) is 7.64. The van der Waals surface area contributed by atoms with E-state index < -0.39 is 17.6 Å². The number of benzene rings is 2. The summed E-state index contributed by atoms with van der Waals surface area (Å²) in [5.41, 5.74) is 0.143. The number of halogens is 4. The maximum absolute atomic E-state index is 12.7. The molecule has 3 rings (SSSR count). The van der Waals surface area contributed by atoms with Crippen LogP contribution in [0.15, 0.2) is 60.9 Å². The lowest BCUT2D eigenvalue weighted by Gasteiger charge is -2.10. The molecule has 0 aliphatic carbocycles. The van der Waals surface area contributed by atoms with Crippen molar-refractivity contribution in [2.45, 2.75) is 6.18 Å². The number of carbonyl (C=O) groups excluding carboxylic acids is 1. The monoisotopic (exact) mass is 392 g/mol. The van der Waals surface area contributed by atoms with Crippen molar-refractivity contribution >= 4 is 34.8 Å². The van der Waals surface area contributed by atoms with Crippen molar-refractivity contribution in [3.05, 3.63) is 77.1 Å². The molecule has 27 heavy (non-hydrogen) atoms. The van der Waals surface area contributed by atoms with E-state index in [1.165, 1.54) is 24.5 Å². The maximum atomic E-state index is 12.7. The molecule has 2 aromatic carbocycles. The fourth-order valence-corrected chi connectivity index (χ4v) is 2.27. The Bertz CT molecular complexity index is 944. The van der Waals surface area contributed by atoms with Crippen LogP contribution in [0.5, 0.6) is 0 Å². The number of anilines is 3. The number of hydrogen-bond acceptors (Lipinski definition) is 4. The molecule has 0 saturated carbocycles. The molecule has 5 nitrogen and oxygen atoms in total. The summed E-state index contributed by atoms with van der Waals surface area (Å²) in [6, 6.07) is 11.2. The predicted octanol–water partition coefficient (Wildman–Crippen LogP) is 5.14. The van der Waals surface area contributed by atoms with Gasteiger partial charge in [0.15, 0.2) is 0 Å². The second kappa shape index (κ2) is 7.63. The van der Waals surface area contributed by atoms with Crippen LogP contribution in [0.1, 0.15) is 15.9 Å². The SMILES string of the molecule is O=C(Nc1ccc(Cl)cc1)c1cnc(Nc2cccc(C(F)(F)F)c2)nc1. The van der Waals surface area contributed by atoms with E-state index in [1.807, 2.05) is 0 Å². The highest BCUT2D eigenvalue weighted by Gasteiger charge is 2.30. The standard InChI is InChI=1S/C18H12ClF3N4O/c19-13-4-6-14(7-5-13)25-16(27)11-9-23-17(24-10-11)26-15-3-1-2-12(8-15)18(20,21)22/h1-10H,(H,25,27)(H,23,24,26). The smallest absolute Gasteiger partial charge is 0.324 e. The van der Waals surface area contributed by atoms with E-state index in [9.17, 15) is 18.0 Å². The summed E-state index contributed by atoms with van der Waals surface area (Å²) in [7, 11) is 0. The number of carbonyl (C=O) groups is 1. The Morgan fingerprint density at radius 1 is 0.963 bits per heavy atom. The summed E-state index contributed by atoms with van der Waals surface area (Å²) in [4.78, 5) is 20.1. The van der Waals surface area contributed by atoms with Crippen molar-refractivity contribution in [1.29, 1.82) is 0 Å². The fourth-order valence-electron chi connectivity index (χ4n) is 2.15. The molecule has 3 aromatic rings. The third kappa shape index (κ3) is 4.95. The van der Waals surface area contributed by atoms with E-state index in [4.69, 9.17) is 11.6 Å². The fraction of sp³-hybridized carbons (Fsp3) is 0.0556. The second-order valence-corrected chi connectivity index (χ2v) is 5.90. The van der Waals surface area contributed by atoms with Crippen LogP contribution in [0, 0.1) is 0 Å². The van der Waals surface area contributed by atoms with Gasteiger partial charge in [0.2, 0.25) is 5.95 Å². The second-order valence-electron chi connectivity index (χ2n) is 5.46. The van der Waals surface area contributed by atoms with Gasteiger partial charge in [-0.15, -0.1) is 0 Å². The van der Waals surface area contributed by atoms with Gasteiger partial charge in [-0.2, -0.15) is 13.2 Å².